The van der Waals surface area contributed by atoms with E-state index in [2.05, 4.69) is 10.2 Å². The lowest BCUT2D eigenvalue weighted by Crippen LogP contribution is -1.93. The van der Waals surface area contributed by atoms with Crippen molar-refractivity contribution >= 4 is 11.4 Å². The van der Waals surface area contributed by atoms with Crippen LogP contribution in [-0.2, 0) is 0 Å². The molecule has 4 nitrogen and oxygen atoms in total. The van der Waals surface area contributed by atoms with Crippen LogP contribution in [0.25, 0.3) is 11.1 Å². The standard InChI is InChI=1S/C9H10N4/c10-8-2-1-6(3-9(8)11)7-4-12-13-5-7/h1-5H,10-11H2,(H,12,13). The number of nitrogens with zero attached hydrogens (tertiary/aromatic N) is 1. The summed E-state index contributed by atoms with van der Waals surface area (Å²) in [5, 5.41) is 6.59. The Morgan fingerprint density at radius 1 is 1.08 bits per heavy atom. The van der Waals surface area contributed by atoms with Crippen LogP contribution in [0.2, 0.25) is 0 Å². The smallest absolute Gasteiger partial charge is 0.0565 e. The minimum absolute atomic E-state index is 0.596. The Hall–Kier alpha value is -1.97. The number of rotatable bonds is 1. The highest BCUT2D eigenvalue weighted by Gasteiger charge is 2.00. The summed E-state index contributed by atoms with van der Waals surface area (Å²) in [4.78, 5) is 0. The van der Waals surface area contributed by atoms with Crippen LogP contribution in [-0.4, -0.2) is 10.2 Å². The van der Waals surface area contributed by atoms with E-state index in [0.29, 0.717) is 11.4 Å². The van der Waals surface area contributed by atoms with Gasteiger partial charge in [-0.2, -0.15) is 5.10 Å². The van der Waals surface area contributed by atoms with Crippen LogP contribution < -0.4 is 11.5 Å². The highest BCUT2D eigenvalue weighted by molar-refractivity contribution is 5.73. The summed E-state index contributed by atoms with van der Waals surface area (Å²) >= 11 is 0. The number of nitrogens with one attached hydrogen (secondary N) is 1. The summed E-state index contributed by atoms with van der Waals surface area (Å²) in [5.41, 5.74) is 14.5. The van der Waals surface area contributed by atoms with Gasteiger partial charge in [-0.3, -0.25) is 5.10 Å². The lowest BCUT2D eigenvalue weighted by molar-refractivity contribution is 1.09. The Kier molecular flexibility index (Phi) is 1.66. The topological polar surface area (TPSA) is 80.7 Å². The van der Waals surface area contributed by atoms with Crippen LogP contribution >= 0.6 is 0 Å². The van der Waals surface area contributed by atoms with Crippen LogP contribution in [0.15, 0.2) is 30.6 Å². The molecule has 0 aliphatic heterocycles. The average molecular weight is 174 g/mol. The fourth-order valence-corrected chi connectivity index (χ4v) is 1.16. The predicted molar refractivity (Wildman–Crippen MR) is 52.8 cm³/mol. The van der Waals surface area contributed by atoms with Crippen molar-refractivity contribution in [3.63, 3.8) is 0 Å². The molecule has 1 heterocycles. The maximum absolute atomic E-state index is 5.67. The van der Waals surface area contributed by atoms with Crippen LogP contribution in [0.4, 0.5) is 11.4 Å². The number of anilines is 2. The van der Waals surface area contributed by atoms with Crippen molar-refractivity contribution in [3.8, 4) is 11.1 Å². The first-order valence-electron chi connectivity index (χ1n) is 3.91. The third-order valence-corrected chi connectivity index (χ3v) is 1.92. The summed E-state index contributed by atoms with van der Waals surface area (Å²) in [6.07, 6.45) is 3.55. The van der Waals surface area contributed by atoms with Gasteiger partial charge in [0, 0.05) is 11.8 Å². The van der Waals surface area contributed by atoms with Gasteiger partial charge in [0.1, 0.15) is 0 Å². The third-order valence-electron chi connectivity index (χ3n) is 1.92. The summed E-state index contributed by atoms with van der Waals surface area (Å²) in [6, 6.07) is 5.54. The number of nitrogen functional groups attached to an aromatic ring is 2. The van der Waals surface area contributed by atoms with Crippen LogP contribution in [0.5, 0.6) is 0 Å². The number of aromatic amines is 1. The molecule has 2 aromatic rings. The minimum Gasteiger partial charge on any atom is -0.397 e. The van der Waals surface area contributed by atoms with E-state index >= 15 is 0 Å². The Bertz CT molecular complexity index is 406. The number of aromatic nitrogens is 2. The van der Waals surface area contributed by atoms with E-state index in [-0.39, 0.29) is 0 Å². The van der Waals surface area contributed by atoms with Crippen molar-refractivity contribution in [1.82, 2.24) is 10.2 Å². The zero-order chi connectivity index (χ0) is 9.26. The first-order chi connectivity index (χ1) is 6.27. The molecular formula is C9H10N4. The average Bonchev–Trinajstić information content (AvgIpc) is 2.62. The molecule has 0 unspecified atom stereocenters. The number of H-pyrrole nitrogens is 1. The molecule has 0 saturated heterocycles. The van der Waals surface area contributed by atoms with Crippen molar-refractivity contribution in [2.45, 2.75) is 0 Å². The van der Waals surface area contributed by atoms with E-state index in [4.69, 9.17) is 11.5 Å². The quantitative estimate of drug-likeness (QED) is 0.569. The Balaban J connectivity index is 2.49. The summed E-state index contributed by atoms with van der Waals surface area (Å²) in [6.45, 7) is 0. The third kappa shape index (κ3) is 1.33. The van der Waals surface area contributed by atoms with Gasteiger partial charge in [0.05, 0.1) is 17.6 Å². The van der Waals surface area contributed by atoms with E-state index in [1.165, 1.54) is 0 Å². The monoisotopic (exact) mass is 174 g/mol. The zero-order valence-electron chi connectivity index (χ0n) is 6.99. The summed E-state index contributed by atoms with van der Waals surface area (Å²) in [5.74, 6) is 0. The molecule has 0 spiro atoms. The second kappa shape index (κ2) is 2.82. The molecular weight excluding hydrogens is 164 g/mol. The Morgan fingerprint density at radius 2 is 1.92 bits per heavy atom. The van der Waals surface area contributed by atoms with Crippen LogP contribution in [0, 0.1) is 0 Å². The van der Waals surface area contributed by atoms with Gasteiger partial charge >= 0.3 is 0 Å². The second-order valence-corrected chi connectivity index (χ2v) is 2.83. The van der Waals surface area contributed by atoms with E-state index in [0.717, 1.165) is 11.1 Å². The number of hydrogen-bond donors (Lipinski definition) is 3. The number of hydrogen-bond acceptors (Lipinski definition) is 3. The van der Waals surface area contributed by atoms with Gasteiger partial charge in [-0.15, -0.1) is 0 Å². The van der Waals surface area contributed by atoms with Gasteiger partial charge in [0.15, 0.2) is 0 Å². The maximum Gasteiger partial charge on any atom is 0.0565 e. The molecule has 0 amide bonds. The molecule has 4 heteroatoms. The molecule has 1 aromatic heterocycles. The van der Waals surface area contributed by atoms with E-state index in [1.807, 2.05) is 18.3 Å². The van der Waals surface area contributed by atoms with Gasteiger partial charge in [-0.1, -0.05) is 6.07 Å². The molecule has 66 valence electrons. The van der Waals surface area contributed by atoms with E-state index in [9.17, 15) is 0 Å². The fourth-order valence-electron chi connectivity index (χ4n) is 1.16. The predicted octanol–water partition coefficient (Wildman–Crippen LogP) is 1.24. The van der Waals surface area contributed by atoms with Crippen molar-refractivity contribution < 1.29 is 0 Å². The van der Waals surface area contributed by atoms with Crippen LogP contribution in [0.1, 0.15) is 0 Å². The minimum atomic E-state index is 0.596. The van der Waals surface area contributed by atoms with Gasteiger partial charge < -0.3 is 11.5 Å². The van der Waals surface area contributed by atoms with Crippen molar-refractivity contribution in [3.05, 3.63) is 30.6 Å². The SMILES string of the molecule is Nc1ccc(-c2cn[nH]c2)cc1N. The first-order valence-corrected chi connectivity index (χ1v) is 3.91. The number of nitrogens with two attached hydrogens (primary N) is 2. The van der Waals surface area contributed by atoms with Crippen molar-refractivity contribution in [2.24, 2.45) is 0 Å². The molecule has 0 aliphatic carbocycles. The highest BCUT2D eigenvalue weighted by Crippen LogP contribution is 2.23. The molecule has 5 N–H and O–H groups in total. The summed E-state index contributed by atoms with van der Waals surface area (Å²) in [7, 11) is 0. The lowest BCUT2D eigenvalue weighted by Gasteiger charge is -2.01. The van der Waals surface area contributed by atoms with Gasteiger partial charge in [0.2, 0.25) is 0 Å². The van der Waals surface area contributed by atoms with E-state index < -0.39 is 0 Å². The van der Waals surface area contributed by atoms with Crippen LogP contribution in [0.3, 0.4) is 0 Å². The normalized spacial score (nSPS) is 10.2. The van der Waals surface area contributed by atoms with Crippen molar-refractivity contribution in [1.29, 1.82) is 0 Å². The largest absolute Gasteiger partial charge is 0.397 e. The molecule has 0 radical (unpaired) electrons. The Morgan fingerprint density at radius 3 is 2.54 bits per heavy atom. The maximum atomic E-state index is 5.67. The van der Waals surface area contributed by atoms with E-state index in [1.54, 1.807) is 12.3 Å². The molecule has 0 fully saturated rings. The molecule has 0 bridgehead atoms. The molecule has 0 aliphatic rings. The highest BCUT2D eigenvalue weighted by atomic mass is 15.1. The molecule has 0 atom stereocenters. The van der Waals surface area contributed by atoms with Gasteiger partial charge in [-0.25, -0.2) is 0 Å². The lowest BCUT2D eigenvalue weighted by atomic mass is 10.1. The van der Waals surface area contributed by atoms with Gasteiger partial charge in [-0.05, 0) is 17.7 Å². The molecule has 2 rings (SSSR count). The zero-order valence-corrected chi connectivity index (χ0v) is 6.99. The number of benzene rings is 1. The second-order valence-electron chi connectivity index (χ2n) is 2.83. The first kappa shape index (κ1) is 7.67. The molecule has 13 heavy (non-hydrogen) atoms. The molecule has 0 saturated carbocycles. The van der Waals surface area contributed by atoms with Crippen molar-refractivity contribution in [2.75, 3.05) is 11.5 Å². The van der Waals surface area contributed by atoms with Gasteiger partial charge in [0.25, 0.3) is 0 Å². The fraction of sp³-hybridized carbons (Fsp3) is 0. The summed E-state index contributed by atoms with van der Waals surface area (Å²) < 4.78 is 0. The Labute approximate surface area is 75.6 Å². The molecule has 1 aromatic carbocycles.